The van der Waals surface area contributed by atoms with E-state index < -0.39 is 55.1 Å². The average molecular weight is 522 g/mol. The molecule has 1 aromatic carbocycles. The smallest absolute Gasteiger partial charge is 0.341 e. The normalized spacial score (nSPS) is 22.8. The predicted molar refractivity (Wildman–Crippen MR) is 127 cm³/mol. The number of ether oxygens (including phenoxy) is 5. The van der Waals surface area contributed by atoms with Crippen LogP contribution in [0.3, 0.4) is 0 Å². The first-order valence-electron chi connectivity index (χ1n) is 11.3. The summed E-state index contributed by atoms with van der Waals surface area (Å²) in [5, 5.41) is 32.7. The van der Waals surface area contributed by atoms with Crippen molar-refractivity contribution in [3.63, 3.8) is 0 Å². The average Bonchev–Trinajstić information content (AvgIpc) is 2.87. The maximum absolute atomic E-state index is 11.9. The summed E-state index contributed by atoms with van der Waals surface area (Å²) in [6.45, 7) is 5.52. The molecule has 1 heterocycles. The first-order valence-corrected chi connectivity index (χ1v) is 11.3. The minimum atomic E-state index is -1.38. The summed E-state index contributed by atoms with van der Waals surface area (Å²) in [5.41, 5.74) is 0.332. The lowest BCUT2D eigenvalue weighted by molar-refractivity contribution is -0.272. The van der Waals surface area contributed by atoms with Gasteiger partial charge in [0.15, 0.2) is 6.29 Å². The Hall–Kier alpha value is -3.47. The Morgan fingerprint density at radius 3 is 2.59 bits per heavy atom. The van der Waals surface area contributed by atoms with E-state index in [0.29, 0.717) is 5.56 Å². The molecular weight excluding hydrogens is 490 g/mol. The number of hydrogen-bond acceptors (Lipinski definition) is 11. The van der Waals surface area contributed by atoms with Gasteiger partial charge in [-0.25, -0.2) is 9.59 Å². The largest absolute Gasteiger partial charge is 0.507 e. The molecule has 0 spiro atoms. The van der Waals surface area contributed by atoms with Crippen LogP contribution in [0.5, 0.6) is 5.75 Å². The van der Waals surface area contributed by atoms with Gasteiger partial charge in [0.05, 0.1) is 32.5 Å². The third-order valence-electron chi connectivity index (χ3n) is 5.19. The summed E-state index contributed by atoms with van der Waals surface area (Å²) in [6, 6.07) is 3.11. The molecular formula is C25H31NO11. The molecule has 0 saturated carbocycles. The van der Waals surface area contributed by atoms with Crippen LogP contribution in [0.1, 0.15) is 29.8 Å². The molecule has 202 valence electrons. The number of aliphatic hydroxyl groups excluding tert-OH is 2. The number of esters is 2. The van der Waals surface area contributed by atoms with Crippen molar-refractivity contribution in [1.82, 2.24) is 5.32 Å². The van der Waals surface area contributed by atoms with E-state index in [9.17, 15) is 29.7 Å². The van der Waals surface area contributed by atoms with Crippen molar-refractivity contribution in [1.29, 1.82) is 0 Å². The van der Waals surface area contributed by atoms with Crippen LogP contribution >= 0.6 is 0 Å². The number of phenolic OH excluding ortho intramolecular Hbond substituents is 1. The first-order chi connectivity index (χ1) is 17.6. The summed E-state index contributed by atoms with van der Waals surface area (Å²) in [7, 11) is 1.18. The molecule has 37 heavy (non-hydrogen) atoms. The number of methoxy groups -OCH3 is 1. The van der Waals surface area contributed by atoms with Crippen LogP contribution in [0.4, 0.5) is 0 Å². The number of benzene rings is 1. The Balaban J connectivity index is 2.17. The molecule has 1 saturated heterocycles. The van der Waals surface area contributed by atoms with Gasteiger partial charge >= 0.3 is 11.9 Å². The van der Waals surface area contributed by atoms with Gasteiger partial charge in [-0.3, -0.25) is 4.79 Å². The van der Waals surface area contributed by atoms with Crippen LogP contribution in [0.2, 0.25) is 0 Å². The number of carbonyl (C=O) groups excluding carboxylic acids is 3. The molecule has 0 aliphatic carbocycles. The van der Waals surface area contributed by atoms with E-state index in [1.165, 1.54) is 32.2 Å². The molecule has 0 unspecified atom stereocenters. The van der Waals surface area contributed by atoms with Gasteiger partial charge in [0.25, 0.3) is 0 Å². The molecule has 4 N–H and O–H groups in total. The molecule has 1 aliphatic rings. The highest BCUT2D eigenvalue weighted by Gasteiger charge is 2.47. The highest BCUT2D eigenvalue weighted by atomic mass is 16.7. The zero-order valence-electron chi connectivity index (χ0n) is 20.8. The van der Waals surface area contributed by atoms with Gasteiger partial charge in [-0.05, 0) is 25.1 Å². The molecule has 12 heteroatoms. The fourth-order valence-electron chi connectivity index (χ4n) is 3.44. The Morgan fingerprint density at radius 1 is 1.24 bits per heavy atom. The van der Waals surface area contributed by atoms with Crippen molar-refractivity contribution < 1.29 is 53.4 Å². The number of nitrogens with one attached hydrogen (secondary N) is 1. The summed E-state index contributed by atoms with van der Waals surface area (Å²) >= 11 is 0. The number of aromatic hydroxyl groups is 1. The van der Waals surface area contributed by atoms with Crippen LogP contribution < -0.4 is 5.32 Å². The molecule has 1 fully saturated rings. The lowest BCUT2D eigenvalue weighted by Crippen LogP contribution is -2.65. The fourth-order valence-corrected chi connectivity index (χ4v) is 3.44. The second kappa shape index (κ2) is 14.3. The van der Waals surface area contributed by atoms with Crippen molar-refractivity contribution in [3.05, 3.63) is 41.5 Å². The minimum absolute atomic E-state index is 0.00813. The second-order valence-electron chi connectivity index (χ2n) is 7.88. The summed E-state index contributed by atoms with van der Waals surface area (Å²) < 4.78 is 26.5. The molecule has 1 aliphatic heterocycles. The standard InChI is InChI=1S/C25H31NO11/c1-5-34-23(31)14(2)13-36-22-20(26-15(3)28)25(37-19(12-27)21(22)30)35-10-6-7-16-8-9-18(29)17(11-16)24(32)33-4/h8-9,11,19-22,25,27,29-30H,2,5,10,12-13H2,1,3-4H3,(H,26,28)/t19-,20+,21-,22-,25-/m1/s1. The number of phenols is 1. The Bertz CT molecular complexity index is 1040. The van der Waals surface area contributed by atoms with Gasteiger partial charge < -0.3 is 44.3 Å². The molecule has 5 atom stereocenters. The highest BCUT2D eigenvalue weighted by Crippen LogP contribution is 2.25. The predicted octanol–water partition coefficient (Wildman–Crippen LogP) is -0.366. The maximum Gasteiger partial charge on any atom is 0.341 e. The van der Waals surface area contributed by atoms with E-state index in [1.807, 2.05) is 0 Å². The monoisotopic (exact) mass is 521 g/mol. The van der Waals surface area contributed by atoms with Crippen molar-refractivity contribution in [2.75, 3.05) is 33.5 Å². The lowest BCUT2D eigenvalue weighted by Gasteiger charge is -2.43. The number of rotatable bonds is 10. The SMILES string of the molecule is C=C(CO[C@H]1[C@H](O)[C@@H](CO)O[C@@H](OCC#Cc2ccc(O)c(C(=O)OC)c2)[C@H]1NC(C)=O)C(=O)OCC. The molecule has 0 bridgehead atoms. The van der Waals surface area contributed by atoms with Gasteiger partial charge in [-0.15, -0.1) is 0 Å². The molecule has 12 nitrogen and oxygen atoms in total. The molecule has 0 aromatic heterocycles. The zero-order valence-corrected chi connectivity index (χ0v) is 20.8. The van der Waals surface area contributed by atoms with Gasteiger partial charge in [0.1, 0.15) is 42.3 Å². The van der Waals surface area contributed by atoms with E-state index in [1.54, 1.807) is 6.92 Å². The number of amides is 1. The summed E-state index contributed by atoms with van der Waals surface area (Å²) in [4.78, 5) is 35.4. The zero-order chi connectivity index (χ0) is 27.5. The fraction of sp³-hybridized carbons (Fsp3) is 0.480. The summed E-state index contributed by atoms with van der Waals surface area (Å²) in [5.74, 6) is 3.36. The van der Waals surface area contributed by atoms with Crippen LogP contribution in [0.15, 0.2) is 30.4 Å². The van der Waals surface area contributed by atoms with E-state index in [4.69, 9.17) is 18.9 Å². The number of aliphatic hydroxyl groups is 2. The van der Waals surface area contributed by atoms with E-state index >= 15 is 0 Å². The van der Waals surface area contributed by atoms with Crippen molar-refractivity contribution in [2.24, 2.45) is 0 Å². The van der Waals surface area contributed by atoms with E-state index in [0.717, 1.165) is 0 Å². The van der Waals surface area contributed by atoms with Gasteiger partial charge in [0, 0.05) is 12.5 Å². The maximum atomic E-state index is 11.9. The minimum Gasteiger partial charge on any atom is -0.507 e. The first kappa shape index (κ1) is 29.8. The third-order valence-corrected chi connectivity index (χ3v) is 5.19. The topological polar surface area (TPSA) is 170 Å². The molecule has 1 aromatic rings. The number of carbonyl (C=O) groups is 3. The second-order valence-corrected chi connectivity index (χ2v) is 7.88. The van der Waals surface area contributed by atoms with Gasteiger partial charge in [0.2, 0.25) is 5.91 Å². The van der Waals surface area contributed by atoms with Crippen LogP contribution in [0.25, 0.3) is 0 Å². The van der Waals surface area contributed by atoms with Crippen molar-refractivity contribution in [2.45, 2.75) is 44.5 Å². The Labute approximate surface area is 214 Å². The van der Waals surface area contributed by atoms with Crippen LogP contribution in [-0.4, -0.2) is 97.3 Å². The van der Waals surface area contributed by atoms with Gasteiger partial charge in [-0.1, -0.05) is 18.4 Å². The molecule has 1 amide bonds. The lowest BCUT2D eigenvalue weighted by atomic mass is 9.96. The third kappa shape index (κ3) is 8.28. The quantitative estimate of drug-likeness (QED) is 0.180. The highest BCUT2D eigenvalue weighted by molar-refractivity contribution is 5.92. The molecule has 2 rings (SSSR count). The van der Waals surface area contributed by atoms with Gasteiger partial charge in [-0.2, -0.15) is 0 Å². The molecule has 0 radical (unpaired) electrons. The van der Waals surface area contributed by atoms with Crippen molar-refractivity contribution in [3.8, 4) is 17.6 Å². The Kier molecular flexibility index (Phi) is 11.5. The van der Waals surface area contributed by atoms with Crippen molar-refractivity contribution >= 4 is 17.8 Å². The number of hydrogen-bond donors (Lipinski definition) is 4. The van der Waals surface area contributed by atoms with Crippen LogP contribution in [-0.2, 0) is 33.3 Å². The Morgan fingerprint density at radius 2 is 1.97 bits per heavy atom. The van der Waals surface area contributed by atoms with E-state index in [2.05, 4.69) is 28.5 Å². The summed E-state index contributed by atoms with van der Waals surface area (Å²) in [6.07, 6.45) is -4.83. The van der Waals surface area contributed by atoms with E-state index in [-0.39, 0.29) is 36.7 Å². The van der Waals surface area contributed by atoms with Crippen LogP contribution in [0, 0.1) is 11.8 Å².